The summed E-state index contributed by atoms with van der Waals surface area (Å²) in [5, 5.41) is 9.14. The van der Waals surface area contributed by atoms with Gasteiger partial charge >= 0.3 is 29.6 Å². The fourth-order valence-electron chi connectivity index (χ4n) is 2.47. The van der Waals surface area contributed by atoms with E-state index in [9.17, 15) is 13.0 Å². The van der Waals surface area contributed by atoms with Crippen molar-refractivity contribution in [1.29, 1.82) is 0 Å². The van der Waals surface area contributed by atoms with Gasteiger partial charge in [-0.25, -0.2) is 0 Å². The second-order valence-electron chi connectivity index (χ2n) is 5.20. The first-order valence-electron chi connectivity index (χ1n) is 7.25. The molecule has 0 atom stereocenters. The molecular weight excluding hydrogens is 381 g/mol. The number of rotatable bonds is 4. The van der Waals surface area contributed by atoms with Crippen LogP contribution in [0.3, 0.4) is 0 Å². The van der Waals surface area contributed by atoms with Crippen molar-refractivity contribution in [3.8, 4) is 0 Å². The summed E-state index contributed by atoms with van der Waals surface area (Å²) in [4.78, 5) is 0.685. The maximum atomic E-state index is 11.7. The molecule has 0 saturated heterocycles. The van der Waals surface area contributed by atoms with E-state index in [4.69, 9.17) is 5.73 Å². The number of benzene rings is 3. The molecule has 6 nitrogen and oxygen atoms in total. The van der Waals surface area contributed by atoms with Crippen LogP contribution in [0.4, 0.5) is 17.1 Å². The van der Waals surface area contributed by atoms with Gasteiger partial charge in [-0.3, -0.25) is 4.55 Å². The van der Waals surface area contributed by atoms with E-state index in [-0.39, 0.29) is 41.6 Å². The minimum absolute atomic E-state index is 0. The topological polar surface area (TPSA) is 105 Å². The molecule has 0 heterocycles. The van der Waals surface area contributed by atoms with Crippen molar-refractivity contribution in [3.63, 3.8) is 0 Å². The first-order valence-corrected chi connectivity index (χ1v) is 9.92. The zero-order valence-corrected chi connectivity index (χ0v) is 17.9. The van der Waals surface area contributed by atoms with Gasteiger partial charge in [0.2, 0.25) is 0 Å². The largest absolute Gasteiger partial charge is 1.00 e. The Morgan fingerprint density at radius 2 is 1.58 bits per heavy atom. The van der Waals surface area contributed by atoms with Gasteiger partial charge in [0.1, 0.15) is 10.6 Å². The van der Waals surface area contributed by atoms with Crippen LogP contribution in [-0.2, 0) is 10.1 Å². The fraction of sp³-hybridized carbons (Fsp3) is 0.0588. The molecule has 3 aromatic rings. The molecular formula is C17H16N3NaO3S2. The molecule has 3 N–H and O–H groups in total. The van der Waals surface area contributed by atoms with E-state index in [1.807, 2.05) is 24.5 Å². The molecule has 0 spiro atoms. The molecule has 3 aromatic carbocycles. The van der Waals surface area contributed by atoms with Crippen molar-refractivity contribution in [2.45, 2.75) is 9.79 Å². The summed E-state index contributed by atoms with van der Waals surface area (Å²) < 4.78 is 33.0. The van der Waals surface area contributed by atoms with Crippen molar-refractivity contribution in [3.05, 3.63) is 54.6 Å². The minimum atomic E-state index is -4.43. The molecule has 0 bridgehead atoms. The molecule has 0 radical (unpaired) electrons. The van der Waals surface area contributed by atoms with Crippen molar-refractivity contribution < 1.29 is 44.0 Å². The number of nitrogen functional groups attached to an aromatic ring is 1. The first-order chi connectivity index (χ1) is 11.9. The van der Waals surface area contributed by atoms with Crippen LogP contribution in [0, 0.1) is 0 Å². The predicted molar refractivity (Wildman–Crippen MR) is 102 cm³/mol. The van der Waals surface area contributed by atoms with Crippen molar-refractivity contribution >= 4 is 49.7 Å². The monoisotopic (exact) mass is 397 g/mol. The number of anilines is 1. The third-order valence-electron chi connectivity index (χ3n) is 3.66. The van der Waals surface area contributed by atoms with E-state index >= 15 is 0 Å². The van der Waals surface area contributed by atoms with Gasteiger partial charge in [-0.2, -0.15) is 8.42 Å². The number of azo groups is 1. The smallest absolute Gasteiger partial charge is 1.00 e. The van der Waals surface area contributed by atoms with Crippen molar-refractivity contribution in [2.75, 3.05) is 12.0 Å². The van der Waals surface area contributed by atoms with Gasteiger partial charge in [0.05, 0.1) is 11.4 Å². The van der Waals surface area contributed by atoms with Gasteiger partial charge in [0, 0.05) is 15.7 Å². The Morgan fingerprint density at radius 1 is 1.00 bits per heavy atom. The molecule has 0 aliphatic rings. The van der Waals surface area contributed by atoms with Crippen LogP contribution in [0.1, 0.15) is 1.43 Å². The van der Waals surface area contributed by atoms with E-state index in [0.29, 0.717) is 22.1 Å². The fourth-order valence-corrected chi connectivity index (χ4v) is 3.72. The third kappa shape index (κ3) is 4.28. The molecule has 0 saturated carbocycles. The molecule has 3 rings (SSSR count). The van der Waals surface area contributed by atoms with Gasteiger partial charge in [0.15, 0.2) is 0 Å². The summed E-state index contributed by atoms with van der Waals surface area (Å²) in [5.74, 6) is 0. The number of nitrogens with zero attached hydrogens (tertiary/aromatic N) is 2. The van der Waals surface area contributed by atoms with Crippen LogP contribution >= 0.6 is 11.8 Å². The maximum absolute atomic E-state index is 11.7. The second kappa shape index (κ2) is 8.51. The van der Waals surface area contributed by atoms with Crippen molar-refractivity contribution in [2.24, 2.45) is 10.2 Å². The van der Waals surface area contributed by atoms with E-state index < -0.39 is 10.1 Å². The Kier molecular flexibility index (Phi) is 6.84. The van der Waals surface area contributed by atoms with E-state index in [0.717, 1.165) is 4.90 Å². The van der Waals surface area contributed by atoms with Crippen LogP contribution in [0.5, 0.6) is 0 Å². The Hall–Kier alpha value is -1.42. The average Bonchev–Trinajstić information content (AvgIpc) is 2.60. The molecule has 9 heteroatoms. The van der Waals surface area contributed by atoms with Gasteiger partial charge < -0.3 is 7.16 Å². The van der Waals surface area contributed by atoms with E-state index in [1.165, 1.54) is 17.8 Å². The van der Waals surface area contributed by atoms with Gasteiger partial charge in [0.25, 0.3) is 10.1 Å². The molecule has 0 fully saturated rings. The van der Waals surface area contributed by atoms with Crippen LogP contribution in [0.25, 0.3) is 10.8 Å². The molecule has 0 aliphatic heterocycles. The third-order valence-corrected chi connectivity index (χ3v) is 5.33. The Balaban J connectivity index is 0.00000182. The van der Waals surface area contributed by atoms with Crippen LogP contribution in [0.15, 0.2) is 74.6 Å². The van der Waals surface area contributed by atoms with Gasteiger partial charge in [-0.05, 0) is 24.5 Å². The number of fused-ring (bicyclic) bond motifs is 1. The molecule has 0 unspecified atom stereocenters. The minimum Gasteiger partial charge on any atom is -1.00 e. The summed E-state index contributed by atoms with van der Waals surface area (Å²) in [5.41, 5.74) is 7.26. The van der Waals surface area contributed by atoms with E-state index in [2.05, 4.69) is 10.2 Å². The summed E-state index contributed by atoms with van der Waals surface area (Å²) in [6.45, 7) is 0. The maximum Gasteiger partial charge on any atom is 1.00 e. The second-order valence-corrected chi connectivity index (χ2v) is 7.44. The molecule has 26 heavy (non-hydrogen) atoms. The number of hydrogen-bond acceptors (Lipinski definition) is 6. The standard InChI is InChI=1S/C17H15N3O3S2.Na.H/c1-24-15-9-5-4-8-13(15)19-20-14-10-16(25(21,22)23)11-6-2-3-7-12(11)17(14)18;;/h2-10H,18H2,1H3,(H,21,22,23);;/q;+1;-1. The predicted octanol–water partition coefficient (Wildman–Crippen LogP) is 1.92. The molecule has 0 aliphatic carbocycles. The first kappa shape index (κ1) is 20.9. The number of thioether (sulfide) groups is 1. The normalized spacial score (nSPS) is 11.6. The number of hydrogen-bond donors (Lipinski definition) is 2. The summed E-state index contributed by atoms with van der Waals surface area (Å²) >= 11 is 1.52. The van der Waals surface area contributed by atoms with E-state index in [1.54, 1.807) is 30.3 Å². The van der Waals surface area contributed by atoms with Crippen LogP contribution in [-0.4, -0.2) is 19.2 Å². The Morgan fingerprint density at radius 3 is 2.23 bits per heavy atom. The van der Waals surface area contributed by atoms with Crippen LogP contribution in [0.2, 0.25) is 0 Å². The van der Waals surface area contributed by atoms with Crippen molar-refractivity contribution in [1.82, 2.24) is 0 Å². The van der Waals surface area contributed by atoms with Crippen LogP contribution < -0.4 is 35.3 Å². The zero-order valence-electron chi connectivity index (χ0n) is 15.2. The SMILES string of the molecule is CSc1ccccc1N=Nc1cc(S(=O)(=O)O)c2ccccc2c1N.[H-].[Na+]. The Labute approximate surface area is 179 Å². The average molecular weight is 397 g/mol. The van der Waals surface area contributed by atoms with Gasteiger partial charge in [-0.15, -0.1) is 22.0 Å². The molecule has 130 valence electrons. The number of nitrogens with two attached hydrogens (primary N) is 1. The molecule has 0 aromatic heterocycles. The summed E-state index contributed by atoms with van der Waals surface area (Å²) in [7, 11) is -4.43. The summed E-state index contributed by atoms with van der Waals surface area (Å²) in [6.07, 6.45) is 1.93. The quantitative estimate of drug-likeness (QED) is 0.230. The zero-order chi connectivity index (χ0) is 18.0. The van der Waals surface area contributed by atoms with Gasteiger partial charge in [-0.1, -0.05) is 36.4 Å². The molecule has 0 amide bonds. The summed E-state index contributed by atoms with van der Waals surface area (Å²) in [6, 6.07) is 15.3. The Bertz CT molecular complexity index is 1090.